The van der Waals surface area contributed by atoms with Gasteiger partial charge in [0.05, 0.1) is 40.6 Å². The van der Waals surface area contributed by atoms with Gasteiger partial charge in [-0.2, -0.15) is 0 Å². The Morgan fingerprint density at radius 3 is 1.97 bits per heavy atom. The van der Waals surface area contributed by atoms with Crippen molar-refractivity contribution in [3.05, 3.63) is 0 Å². The van der Waals surface area contributed by atoms with Gasteiger partial charge in [-0.1, -0.05) is 0 Å². The van der Waals surface area contributed by atoms with E-state index >= 15 is 0 Å². The number of nitrogens with zero attached hydrogens (tertiary/aromatic N) is 3. The molecule has 0 aliphatic carbocycles. The second-order valence-electron chi connectivity index (χ2n) is 7.76. The maximum absolute atomic E-state index is 11.5. The second kappa shape index (κ2) is 16.0. The number of hydrogen-bond acceptors (Lipinski definition) is 10. The fourth-order valence-electron chi connectivity index (χ4n) is 3.57. The SMILES string of the molecule is COC(=O)CCNCCN1CCN(CCN(CCC(=O)OC)CCC(=O)OC)[C@@H](C)C1. The Bertz CT molecular complexity index is 528. The van der Waals surface area contributed by atoms with Gasteiger partial charge in [-0.3, -0.25) is 24.2 Å². The number of piperazine rings is 1. The molecule has 0 bridgehead atoms. The van der Waals surface area contributed by atoms with Crippen LogP contribution in [0.2, 0.25) is 0 Å². The monoisotopic (exact) mass is 444 g/mol. The number of carbonyl (C=O) groups is 3. The van der Waals surface area contributed by atoms with Gasteiger partial charge in [0.1, 0.15) is 0 Å². The predicted octanol–water partition coefficient (Wildman–Crippen LogP) is -0.427. The molecule has 0 saturated carbocycles. The van der Waals surface area contributed by atoms with Gasteiger partial charge < -0.3 is 24.4 Å². The van der Waals surface area contributed by atoms with E-state index < -0.39 is 0 Å². The molecule has 10 heteroatoms. The zero-order valence-corrected chi connectivity index (χ0v) is 19.6. The van der Waals surface area contributed by atoms with Crippen LogP contribution in [0.1, 0.15) is 26.2 Å². The molecule has 1 aliphatic rings. The number of ether oxygens (including phenoxy) is 3. The molecule has 1 atom stereocenters. The Kier molecular flexibility index (Phi) is 14.1. The summed E-state index contributed by atoms with van der Waals surface area (Å²) in [5.74, 6) is -0.683. The number of methoxy groups -OCH3 is 3. The Morgan fingerprint density at radius 1 is 0.839 bits per heavy atom. The Morgan fingerprint density at radius 2 is 1.42 bits per heavy atom. The third kappa shape index (κ3) is 12.0. The van der Waals surface area contributed by atoms with Crippen molar-refractivity contribution in [2.75, 3.05) is 86.8 Å². The van der Waals surface area contributed by atoms with Crippen LogP contribution in [0.15, 0.2) is 0 Å². The van der Waals surface area contributed by atoms with Gasteiger partial charge in [0, 0.05) is 71.5 Å². The summed E-state index contributed by atoms with van der Waals surface area (Å²) in [5, 5.41) is 3.28. The molecule has 1 aliphatic heterocycles. The highest BCUT2D eigenvalue weighted by atomic mass is 16.5. The average Bonchev–Trinajstić information content (AvgIpc) is 2.78. The van der Waals surface area contributed by atoms with Crippen molar-refractivity contribution in [3.63, 3.8) is 0 Å². The highest BCUT2D eigenvalue weighted by molar-refractivity contribution is 5.70. The Labute approximate surface area is 186 Å². The third-order valence-electron chi connectivity index (χ3n) is 5.61. The molecule has 0 spiro atoms. The molecule has 0 aromatic carbocycles. The number of carbonyl (C=O) groups excluding carboxylic acids is 3. The molecule has 1 fully saturated rings. The van der Waals surface area contributed by atoms with Crippen LogP contribution in [0.25, 0.3) is 0 Å². The molecule has 1 rings (SSSR count). The minimum Gasteiger partial charge on any atom is -0.469 e. The van der Waals surface area contributed by atoms with E-state index in [1.54, 1.807) is 0 Å². The lowest BCUT2D eigenvalue weighted by atomic mass is 10.2. The van der Waals surface area contributed by atoms with Crippen molar-refractivity contribution in [1.29, 1.82) is 0 Å². The minimum atomic E-state index is -0.245. The molecule has 0 amide bonds. The Hall–Kier alpha value is -1.75. The minimum absolute atomic E-state index is 0.193. The van der Waals surface area contributed by atoms with Crippen LogP contribution in [0, 0.1) is 0 Å². The molecule has 0 aromatic rings. The van der Waals surface area contributed by atoms with E-state index in [0.29, 0.717) is 44.9 Å². The van der Waals surface area contributed by atoms with Crippen molar-refractivity contribution in [1.82, 2.24) is 20.0 Å². The van der Waals surface area contributed by atoms with E-state index in [2.05, 4.69) is 31.7 Å². The maximum Gasteiger partial charge on any atom is 0.306 e. The first kappa shape index (κ1) is 27.3. The first-order valence-electron chi connectivity index (χ1n) is 11.0. The standard InChI is InChI=1S/C21H40N4O6/c1-18-17-24(12-9-22-8-5-19(26)29-2)14-16-25(18)15-13-23(10-6-20(27)30-3)11-7-21(28)31-4/h18,22H,5-17H2,1-4H3/t18-/m0/s1. The molecule has 1 N–H and O–H groups in total. The van der Waals surface area contributed by atoms with E-state index in [0.717, 1.165) is 45.8 Å². The summed E-state index contributed by atoms with van der Waals surface area (Å²) in [4.78, 5) is 41.1. The summed E-state index contributed by atoms with van der Waals surface area (Å²) < 4.78 is 14.1. The molecule has 0 radical (unpaired) electrons. The van der Waals surface area contributed by atoms with Crippen molar-refractivity contribution in [3.8, 4) is 0 Å². The van der Waals surface area contributed by atoms with E-state index in [9.17, 15) is 14.4 Å². The van der Waals surface area contributed by atoms with Gasteiger partial charge >= 0.3 is 17.9 Å². The molecule has 1 heterocycles. The molecule has 1 saturated heterocycles. The smallest absolute Gasteiger partial charge is 0.306 e. The van der Waals surface area contributed by atoms with E-state index in [1.807, 2.05) is 0 Å². The van der Waals surface area contributed by atoms with Gasteiger partial charge in [-0.25, -0.2) is 0 Å². The quantitative estimate of drug-likeness (QED) is 0.203. The zero-order valence-electron chi connectivity index (χ0n) is 19.6. The topological polar surface area (TPSA) is 101 Å². The van der Waals surface area contributed by atoms with Crippen molar-refractivity contribution in [2.24, 2.45) is 0 Å². The number of rotatable bonds is 15. The number of hydrogen-bond donors (Lipinski definition) is 1. The van der Waals surface area contributed by atoms with Gasteiger partial charge in [0.25, 0.3) is 0 Å². The molecule has 10 nitrogen and oxygen atoms in total. The predicted molar refractivity (Wildman–Crippen MR) is 117 cm³/mol. The van der Waals surface area contributed by atoms with Crippen molar-refractivity contribution < 1.29 is 28.6 Å². The van der Waals surface area contributed by atoms with Crippen LogP contribution in [-0.2, 0) is 28.6 Å². The molecule has 31 heavy (non-hydrogen) atoms. The summed E-state index contributed by atoms with van der Waals surface area (Å²) in [6, 6.07) is 0.423. The van der Waals surface area contributed by atoms with Crippen LogP contribution in [0.3, 0.4) is 0 Å². The van der Waals surface area contributed by atoms with Crippen LogP contribution >= 0.6 is 0 Å². The first-order valence-corrected chi connectivity index (χ1v) is 11.0. The van der Waals surface area contributed by atoms with E-state index in [4.69, 9.17) is 9.47 Å². The molecule has 0 unspecified atom stereocenters. The van der Waals surface area contributed by atoms with Crippen LogP contribution in [0.5, 0.6) is 0 Å². The number of nitrogens with one attached hydrogen (secondary N) is 1. The third-order valence-corrected chi connectivity index (χ3v) is 5.61. The normalized spacial score (nSPS) is 17.5. The molecular weight excluding hydrogens is 404 g/mol. The summed E-state index contributed by atoms with van der Waals surface area (Å²) in [6.07, 6.45) is 1.01. The zero-order chi connectivity index (χ0) is 23.1. The van der Waals surface area contributed by atoms with Crippen LogP contribution in [0.4, 0.5) is 0 Å². The van der Waals surface area contributed by atoms with Gasteiger partial charge in [0.15, 0.2) is 0 Å². The molecular formula is C21H40N4O6. The van der Waals surface area contributed by atoms with Crippen LogP contribution in [-0.4, -0.2) is 125 Å². The van der Waals surface area contributed by atoms with Gasteiger partial charge in [-0.05, 0) is 6.92 Å². The lowest BCUT2D eigenvalue weighted by molar-refractivity contribution is -0.142. The average molecular weight is 445 g/mol. The second-order valence-corrected chi connectivity index (χ2v) is 7.76. The van der Waals surface area contributed by atoms with Crippen molar-refractivity contribution in [2.45, 2.75) is 32.2 Å². The van der Waals surface area contributed by atoms with Crippen molar-refractivity contribution >= 4 is 17.9 Å². The first-order chi connectivity index (χ1) is 14.9. The lowest BCUT2D eigenvalue weighted by Gasteiger charge is -2.40. The maximum atomic E-state index is 11.5. The van der Waals surface area contributed by atoms with E-state index in [-0.39, 0.29) is 17.9 Å². The molecule has 0 aromatic heterocycles. The summed E-state index contributed by atoms with van der Waals surface area (Å²) in [7, 11) is 4.18. The highest BCUT2D eigenvalue weighted by Crippen LogP contribution is 2.09. The highest BCUT2D eigenvalue weighted by Gasteiger charge is 2.23. The van der Waals surface area contributed by atoms with E-state index in [1.165, 1.54) is 21.3 Å². The Balaban J connectivity index is 2.34. The number of esters is 3. The summed E-state index contributed by atoms with van der Waals surface area (Å²) in [6.45, 7) is 10.4. The van der Waals surface area contributed by atoms with Crippen LogP contribution < -0.4 is 5.32 Å². The fraction of sp³-hybridized carbons (Fsp3) is 0.857. The summed E-state index contributed by atoms with van der Waals surface area (Å²) >= 11 is 0. The van der Waals surface area contributed by atoms with Gasteiger partial charge in [0.2, 0.25) is 0 Å². The largest absolute Gasteiger partial charge is 0.469 e. The van der Waals surface area contributed by atoms with Gasteiger partial charge in [-0.15, -0.1) is 0 Å². The molecule has 180 valence electrons. The lowest BCUT2D eigenvalue weighted by Crippen LogP contribution is -2.54. The fourth-order valence-corrected chi connectivity index (χ4v) is 3.57. The summed E-state index contributed by atoms with van der Waals surface area (Å²) in [5.41, 5.74) is 0.